The van der Waals surface area contributed by atoms with Crippen LogP contribution in [0, 0.1) is 0 Å². The van der Waals surface area contributed by atoms with Gasteiger partial charge in [-0.25, -0.2) is 0 Å². The number of halogens is 1. The zero-order chi connectivity index (χ0) is 12.7. The van der Waals surface area contributed by atoms with Crippen molar-refractivity contribution in [1.29, 1.82) is 0 Å². The molecular formula is C11H16BrN3O2. The number of hydrogen-bond acceptors (Lipinski definition) is 4. The first-order valence-electron chi connectivity index (χ1n) is 5.15. The second-order valence-electron chi connectivity index (χ2n) is 3.47. The summed E-state index contributed by atoms with van der Waals surface area (Å²) in [6.45, 7) is 1.12. The van der Waals surface area contributed by atoms with E-state index in [2.05, 4.69) is 26.4 Å². The van der Waals surface area contributed by atoms with E-state index < -0.39 is 0 Å². The van der Waals surface area contributed by atoms with Crippen LogP contribution in [0.1, 0.15) is 12.0 Å². The van der Waals surface area contributed by atoms with Gasteiger partial charge >= 0.3 is 0 Å². The van der Waals surface area contributed by atoms with E-state index in [4.69, 9.17) is 15.7 Å². The van der Waals surface area contributed by atoms with Crippen LogP contribution < -0.4 is 11.1 Å². The van der Waals surface area contributed by atoms with Gasteiger partial charge in [-0.3, -0.25) is 0 Å². The molecule has 0 saturated heterocycles. The standard InChI is InChI=1S/C11H16BrN3O2/c1-17-7-8-9(12)3-2-4-10(8)14-6-5-11(13)15-16/h2-4,14,16H,5-7H2,1H3,(H2,13,15). The maximum Gasteiger partial charge on any atom is 0.140 e. The molecule has 1 rings (SSSR count). The molecule has 1 aromatic carbocycles. The molecule has 0 fully saturated rings. The lowest BCUT2D eigenvalue weighted by molar-refractivity contribution is 0.185. The van der Waals surface area contributed by atoms with Crippen LogP contribution in [0.3, 0.4) is 0 Å². The van der Waals surface area contributed by atoms with Crippen molar-refractivity contribution in [3.8, 4) is 0 Å². The van der Waals surface area contributed by atoms with Crippen molar-refractivity contribution in [2.24, 2.45) is 10.9 Å². The largest absolute Gasteiger partial charge is 0.409 e. The minimum Gasteiger partial charge on any atom is -0.409 e. The molecule has 0 spiro atoms. The van der Waals surface area contributed by atoms with Gasteiger partial charge in [0.05, 0.1) is 6.61 Å². The number of nitrogens with one attached hydrogen (secondary N) is 1. The first-order valence-corrected chi connectivity index (χ1v) is 5.95. The molecule has 0 aromatic heterocycles. The molecular weight excluding hydrogens is 286 g/mol. The zero-order valence-corrected chi connectivity index (χ0v) is 11.2. The molecule has 0 aliphatic rings. The third-order valence-electron chi connectivity index (χ3n) is 2.23. The van der Waals surface area contributed by atoms with Gasteiger partial charge in [-0.1, -0.05) is 27.2 Å². The van der Waals surface area contributed by atoms with Crippen LogP contribution in [0.25, 0.3) is 0 Å². The molecule has 0 heterocycles. The Labute approximate surface area is 109 Å². The number of amidine groups is 1. The highest BCUT2D eigenvalue weighted by molar-refractivity contribution is 9.10. The molecule has 1 aromatic rings. The highest BCUT2D eigenvalue weighted by Gasteiger charge is 2.06. The molecule has 0 atom stereocenters. The van der Waals surface area contributed by atoms with Crippen LogP contribution in [-0.4, -0.2) is 24.7 Å². The molecule has 17 heavy (non-hydrogen) atoms. The molecule has 0 bridgehead atoms. The summed E-state index contributed by atoms with van der Waals surface area (Å²) in [7, 11) is 1.65. The van der Waals surface area contributed by atoms with E-state index in [1.54, 1.807) is 7.11 Å². The molecule has 5 nitrogen and oxygen atoms in total. The summed E-state index contributed by atoms with van der Waals surface area (Å²) in [6, 6.07) is 5.86. The fourth-order valence-corrected chi connectivity index (χ4v) is 1.87. The highest BCUT2D eigenvalue weighted by atomic mass is 79.9. The Morgan fingerprint density at radius 1 is 1.59 bits per heavy atom. The third-order valence-corrected chi connectivity index (χ3v) is 2.98. The van der Waals surface area contributed by atoms with E-state index in [1.807, 2.05) is 18.2 Å². The predicted octanol–water partition coefficient (Wildman–Crippen LogP) is 2.14. The number of nitrogens with zero attached hydrogens (tertiary/aromatic N) is 1. The van der Waals surface area contributed by atoms with Gasteiger partial charge in [0.1, 0.15) is 5.84 Å². The van der Waals surface area contributed by atoms with Crippen LogP contribution in [0.2, 0.25) is 0 Å². The van der Waals surface area contributed by atoms with Crippen molar-refractivity contribution in [2.75, 3.05) is 19.0 Å². The maximum absolute atomic E-state index is 8.42. The van der Waals surface area contributed by atoms with E-state index in [1.165, 1.54) is 0 Å². The van der Waals surface area contributed by atoms with Crippen molar-refractivity contribution in [2.45, 2.75) is 13.0 Å². The van der Waals surface area contributed by atoms with E-state index in [9.17, 15) is 0 Å². The Balaban J connectivity index is 2.66. The van der Waals surface area contributed by atoms with E-state index in [-0.39, 0.29) is 5.84 Å². The summed E-state index contributed by atoms with van der Waals surface area (Å²) in [5.74, 6) is 0.209. The van der Waals surface area contributed by atoms with Crippen molar-refractivity contribution in [1.82, 2.24) is 0 Å². The number of nitrogens with two attached hydrogens (primary N) is 1. The van der Waals surface area contributed by atoms with E-state index >= 15 is 0 Å². The molecule has 0 aliphatic carbocycles. The molecule has 0 aliphatic heterocycles. The van der Waals surface area contributed by atoms with Crippen molar-refractivity contribution in [3.63, 3.8) is 0 Å². The van der Waals surface area contributed by atoms with Gasteiger partial charge in [-0.2, -0.15) is 0 Å². The Morgan fingerprint density at radius 2 is 2.35 bits per heavy atom. The Hall–Kier alpha value is -1.27. The minimum atomic E-state index is 0.209. The van der Waals surface area contributed by atoms with Crippen LogP contribution >= 0.6 is 15.9 Å². The summed E-state index contributed by atoms with van der Waals surface area (Å²) in [5, 5.41) is 14.6. The van der Waals surface area contributed by atoms with Gasteiger partial charge in [0.25, 0.3) is 0 Å². The van der Waals surface area contributed by atoms with Gasteiger partial charge in [-0.05, 0) is 12.1 Å². The quantitative estimate of drug-likeness (QED) is 0.325. The number of hydrogen-bond donors (Lipinski definition) is 3. The Bertz CT molecular complexity index is 396. The van der Waals surface area contributed by atoms with Crippen molar-refractivity contribution >= 4 is 27.5 Å². The molecule has 0 radical (unpaired) electrons. The summed E-state index contributed by atoms with van der Waals surface area (Å²) >= 11 is 3.47. The molecule has 0 amide bonds. The number of benzene rings is 1. The SMILES string of the molecule is COCc1c(Br)cccc1NCCC(N)=NO. The molecule has 0 unspecified atom stereocenters. The molecule has 4 N–H and O–H groups in total. The van der Waals surface area contributed by atoms with Crippen molar-refractivity contribution in [3.05, 3.63) is 28.2 Å². The van der Waals surface area contributed by atoms with Crippen LogP contribution in [0.4, 0.5) is 5.69 Å². The first kappa shape index (κ1) is 13.8. The smallest absolute Gasteiger partial charge is 0.140 e. The van der Waals surface area contributed by atoms with Crippen LogP contribution in [0.15, 0.2) is 27.8 Å². The van der Waals surface area contributed by atoms with Gasteiger partial charge < -0.3 is 21.0 Å². The molecule has 0 saturated carbocycles. The Morgan fingerprint density at radius 3 is 3.00 bits per heavy atom. The monoisotopic (exact) mass is 301 g/mol. The van der Waals surface area contributed by atoms with E-state index in [0.717, 1.165) is 15.7 Å². The van der Waals surface area contributed by atoms with Gasteiger partial charge in [-0.15, -0.1) is 0 Å². The number of methoxy groups -OCH3 is 1. The Kier molecular flexibility index (Phi) is 5.79. The van der Waals surface area contributed by atoms with Gasteiger partial charge in [0.15, 0.2) is 0 Å². The number of ether oxygens (including phenoxy) is 1. The summed E-state index contributed by atoms with van der Waals surface area (Å²) in [5.41, 5.74) is 7.42. The number of rotatable bonds is 6. The average Bonchev–Trinajstić information content (AvgIpc) is 2.33. The highest BCUT2D eigenvalue weighted by Crippen LogP contribution is 2.25. The fourth-order valence-electron chi connectivity index (χ4n) is 1.39. The average molecular weight is 302 g/mol. The zero-order valence-electron chi connectivity index (χ0n) is 9.61. The summed E-state index contributed by atoms with van der Waals surface area (Å²) in [6.07, 6.45) is 0.482. The second kappa shape index (κ2) is 7.13. The second-order valence-corrected chi connectivity index (χ2v) is 4.32. The minimum absolute atomic E-state index is 0.209. The maximum atomic E-state index is 8.42. The van der Waals surface area contributed by atoms with Gasteiger partial charge in [0, 0.05) is 35.8 Å². The van der Waals surface area contributed by atoms with Crippen LogP contribution in [-0.2, 0) is 11.3 Å². The fraction of sp³-hybridized carbons (Fsp3) is 0.364. The van der Waals surface area contributed by atoms with E-state index in [0.29, 0.717) is 19.6 Å². The van der Waals surface area contributed by atoms with Crippen LogP contribution in [0.5, 0.6) is 0 Å². The first-order chi connectivity index (χ1) is 8.19. The van der Waals surface area contributed by atoms with Crippen molar-refractivity contribution < 1.29 is 9.94 Å². The molecule has 6 heteroatoms. The summed E-state index contributed by atoms with van der Waals surface area (Å²) < 4.78 is 6.13. The topological polar surface area (TPSA) is 79.9 Å². The number of oxime groups is 1. The number of anilines is 1. The van der Waals surface area contributed by atoms with Gasteiger partial charge in [0.2, 0.25) is 0 Å². The summed E-state index contributed by atoms with van der Waals surface area (Å²) in [4.78, 5) is 0. The lowest BCUT2D eigenvalue weighted by Crippen LogP contribution is -2.17. The third kappa shape index (κ3) is 4.24. The lowest BCUT2D eigenvalue weighted by atomic mass is 10.2. The molecule has 94 valence electrons. The predicted molar refractivity (Wildman–Crippen MR) is 71.4 cm³/mol. The lowest BCUT2D eigenvalue weighted by Gasteiger charge is -2.12. The normalized spacial score (nSPS) is 11.5.